The Morgan fingerprint density at radius 3 is 2.75 bits per heavy atom. The van der Waals surface area contributed by atoms with E-state index < -0.39 is 10.0 Å². The van der Waals surface area contributed by atoms with Gasteiger partial charge in [-0.15, -0.1) is 12.4 Å². The molecule has 1 fully saturated rings. The standard InChI is InChI=1S/C18H25N5O3S.ClH/c1-3-10-20-27(24,25)15-7-4-14(5-8-15)6-9-17-21-18(22-26-17)16-13-19-11-12-23(16)2;/h4-9,16,19-20H,3,10-13H2,1-2H3;1H/b9-6+;. The SMILES string of the molecule is CCCNS(=O)(=O)c1ccc(/C=C/c2nc(C3CNCCN3C)no2)cc1.Cl. The zero-order valence-electron chi connectivity index (χ0n) is 16.0. The third-order valence-corrected chi connectivity index (χ3v) is 5.89. The molecule has 154 valence electrons. The van der Waals surface area contributed by atoms with Gasteiger partial charge in [-0.3, -0.25) is 4.90 Å². The van der Waals surface area contributed by atoms with E-state index in [1.54, 1.807) is 30.3 Å². The van der Waals surface area contributed by atoms with Crippen molar-refractivity contribution in [1.82, 2.24) is 25.1 Å². The molecule has 2 aromatic rings. The zero-order chi connectivity index (χ0) is 19.3. The second-order valence-electron chi connectivity index (χ2n) is 6.49. The van der Waals surface area contributed by atoms with Crippen molar-refractivity contribution in [2.24, 2.45) is 0 Å². The summed E-state index contributed by atoms with van der Waals surface area (Å²) >= 11 is 0. The van der Waals surface area contributed by atoms with E-state index in [0.29, 0.717) is 18.3 Å². The van der Waals surface area contributed by atoms with Gasteiger partial charge in [0.2, 0.25) is 10.0 Å². The highest BCUT2D eigenvalue weighted by atomic mass is 35.5. The molecule has 1 aliphatic rings. The predicted octanol–water partition coefficient (Wildman–Crippen LogP) is 1.93. The van der Waals surface area contributed by atoms with Crippen LogP contribution >= 0.6 is 12.4 Å². The summed E-state index contributed by atoms with van der Waals surface area (Å²) in [6.07, 6.45) is 4.29. The Kier molecular flexibility index (Phi) is 8.14. The molecule has 8 nitrogen and oxygen atoms in total. The number of hydrogen-bond acceptors (Lipinski definition) is 7. The largest absolute Gasteiger partial charge is 0.335 e. The first-order valence-electron chi connectivity index (χ1n) is 9.02. The molecule has 1 aromatic carbocycles. The van der Waals surface area contributed by atoms with Gasteiger partial charge < -0.3 is 9.84 Å². The minimum absolute atomic E-state index is 0. The summed E-state index contributed by atoms with van der Waals surface area (Å²) in [5.74, 6) is 1.08. The fraction of sp³-hybridized carbons (Fsp3) is 0.444. The van der Waals surface area contributed by atoms with Crippen molar-refractivity contribution in [3.63, 3.8) is 0 Å². The van der Waals surface area contributed by atoms with Gasteiger partial charge in [0.1, 0.15) is 0 Å². The van der Waals surface area contributed by atoms with Crippen molar-refractivity contribution in [1.29, 1.82) is 0 Å². The molecule has 0 bridgehead atoms. The van der Waals surface area contributed by atoms with Crippen LogP contribution in [-0.4, -0.2) is 56.7 Å². The second kappa shape index (κ2) is 10.1. The molecule has 10 heteroatoms. The molecule has 0 saturated carbocycles. The maximum atomic E-state index is 12.1. The molecule has 0 spiro atoms. The zero-order valence-corrected chi connectivity index (χ0v) is 17.6. The number of halogens is 1. The van der Waals surface area contributed by atoms with Crippen LogP contribution in [0.25, 0.3) is 12.2 Å². The van der Waals surface area contributed by atoms with Crippen molar-refractivity contribution in [2.75, 3.05) is 33.2 Å². The normalized spacial score (nSPS) is 18.3. The lowest BCUT2D eigenvalue weighted by atomic mass is 10.2. The number of nitrogens with one attached hydrogen (secondary N) is 2. The summed E-state index contributed by atoms with van der Waals surface area (Å²) in [5.41, 5.74) is 0.848. The van der Waals surface area contributed by atoms with Gasteiger partial charge >= 0.3 is 0 Å². The van der Waals surface area contributed by atoms with Gasteiger partial charge in [0.05, 0.1) is 10.9 Å². The van der Waals surface area contributed by atoms with Crippen LogP contribution in [0.5, 0.6) is 0 Å². The quantitative estimate of drug-likeness (QED) is 0.696. The van der Waals surface area contributed by atoms with Gasteiger partial charge in [0, 0.05) is 32.3 Å². The van der Waals surface area contributed by atoms with E-state index in [1.807, 2.05) is 20.0 Å². The van der Waals surface area contributed by atoms with Gasteiger partial charge in [-0.25, -0.2) is 13.1 Å². The lowest BCUT2D eigenvalue weighted by Crippen LogP contribution is -2.44. The highest BCUT2D eigenvalue weighted by molar-refractivity contribution is 7.89. The summed E-state index contributed by atoms with van der Waals surface area (Å²) in [6, 6.07) is 6.75. The number of nitrogens with zero attached hydrogens (tertiary/aromatic N) is 3. The molecule has 0 amide bonds. The van der Waals surface area contributed by atoms with E-state index in [9.17, 15) is 8.42 Å². The first kappa shape index (κ1) is 22.5. The smallest absolute Gasteiger partial charge is 0.250 e. The van der Waals surface area contributed by atoms with Crippen molar-refractivity contribution in [3.05, 3.63) is 41.5 Å². The molecule has 0 radical (unpaired) electrons. The highest BCUT2D eigenvalue weighted by Crippen LogP contribution is 2.18. The maximum Gasteiger partial charge on any atom is 0.250 e. The topological polar surface area (TPSA) is 100 Å². The van der Waals surface area contributed by atoms with Gasteiger partial charge in [0.15, 0.2) is 5.82 Å². The number of piperazine rings is 1. The van der Waals surface area contributed by atoms with Crippen LogP contribution in [0, 0.1) is 0 Å². The van der Waals surface area contributed by atoms with E-state index in [4.69, 9.17) is 4.52 Å². The number of sulfonamides is 1. The molecule has 0 aliphatic carbocycles. The molecule has 1 atom stereocenters. The van der Waals surface area contributed by atoms with Crippen molar-refractivity contribution < 1.29 is 12.9 Å². The number of aromatic nitrogens is 2. The summed E-state index contributed by atoms with van der Waals surface area (Å²) < 4.78 is 32.0. The van der Waals surface area contributed by atoms with E-state index in [0.717, 1.165) is 31.6 Å². The van der Waals surface area contributed by atoms with Crippen LogP contribution in [-0.2, 0) is 10.0 Å². The van der Waals surface area contributed by atoms with Crippen LogP contribution in [0.15, 0.2) is 33.7 Å². The van der Waals surface area contributed by atoms with Crippen LogP contribution in [0.2, 0.25) is 0 Å². The van der Waals surface area contributed by atoms with E-state index in [1.165, 1.54) is 0 Å². The first-order chi connectivity index (χ1) is 13.0. The number of rotatable bonds is 7. The summed E-state index contributed by atoms with van der Waals surface area (Å²) in [5, 5.41) is 7.40. The summed E-state index contributed by atoms with van der Waals surface area (Å²) in [4.78, 5) is 6.88. The molecule has 3 rings (SSSR count). The lowest BCUT2D eigenvalue weighted by molar-refractivity contribution is 0.190. The van der Waals surface area contributed by atoms with Gasteiger partial charge in [-0.1, -0.05) is 24.2 Å². The van der Waals surface area contributed by atoms with Crippen LogP contribution in [0.3, 0.4) is 0 Å². The highest BCUT2D eigenvalue weighted by Gasteiger charge is 2.24. The van der Waals surface area contributed by atoms with Crippen molar-refractivity contribution in [2.45, 2.75) is 24.3 Å². The van der Waals surface area contributed by atoms with E-state index in [2.05, 4.69) is 25.1 Å². The van der Waals surface area contributed by atoms with Crippen LogP contribution in [0.4, 0.5) is 0 Å². The number of likely N-dealkylation sites (N-methyl/N-ethyl adjacent to an activating group) is 1. The first-order valence-corrected chi connectivity index (χ1v) is 10.5. The lowest BCUT2D eigenvalue weighted by Gasteiger charge is -2.30. The Morgan fingerprint density at radius 1 is 1.32 bits per heavy atom. The second-order valence-corrected chi connectivity index (χ2v) is 8.26. The predicted molar refractivity (Wildman–Crippen MR) is 111 cm³/mol. The number of benzene rings is 1. The third-order valence-electron chi connectivity index (χ3n) is 4.42. The molecule has 1 aromatic heterocycles. The Bertz CT molecular complexity index is 883. The average Bonchev–Trinajstić information content (AvgIpc) is 3.14. The molecule has 28 heavy (non-hydrogen) atoms. The fourth-order valence-electron chi connectivity index (χ4n) is 2.79. The molecule has 2 heterocycles. The monoisotopic (exact) mass is 427 g/mol. The Balaban J connectivity index is 0.00000280. The Labute approximate surface area is 171 Å². The fourth-order valence-corrected chi connectivity index (χ4v) is 3.92. The third kappa shape index (κ3) is 5.62. The van der Waals surface area contributed by atoms with Crippen molar-refractivity contribution >= 4 is 34.6 Å². The molecule has 1 saturated heterocycles. The van der Waals surface area contributed by atoms with Gasteiger partial charge in [0.25, 0.3) is 5.89 Å². The number of hydrogen-bond donors (Lipinski definition) is 2. The van der Waals surface area contributed by atoms with Crippen LogP contribution < -0.4 is 10.0 Å². The average molecular weight is 428 g/mol. The van der Waals surface area contributed by atoms with Gasteiger partial charge in [-0.05, 0) is 37.2 Å². The Morgan fingerprint density at radius 2 is 2.07 bits per heavy atom. The van der Waals surface area contributed by atoms with Gasteiger partial charge in [-0.2, -0.15) is 4.98 Å². The van der Waals surface area contributed by atoms with E-state index in [-0.39, 0.29) is 23.3 Å². The molecule has 2 N–H and O–H groups in total. The van der Waals surface area contributed by atoms with Crippen molar-refractivity contribution in [3.8, 4) is 0 Å². The van der Waals surface area contributed by atoms with Crippen LogP contribution in [0.1, 0.15) is 36.7 Å². The van der Waals surface area contributed by atoms with E-state index >= 15 is 0 Å². The Hall–Kier alpha value is -1.78. The molecular formula is C18H26ClN5O3S. The minimum atomic E-state index is -3.45. The molecule has 1 aliphatic heterocycles. The summed E-state index contributed by atoms with van der Waals surface area (Å²) in [7, 11) is -1.40. The maximum absolute atomic E-state index is 12.1. The summed E-state index contributed by atoms with van der Waals surface area (Å²) in [6.45, 7) is 5.03. The molecular weight excluding hydrogens is 402 g/mol. The molecule has 1 unspecified atom stereocenters. The minimum Gasteiger partial charge on any atom is -0.335 e.